The highest BCUT2D eigenvalue weighted by atomic mass is 35.5. The van der Waals surface area contributed by atoms with Crippen LogP contribution in [0, 0.1) is 5.82 Å². The van der Waals surface area contributed by atoms with Crippen LogP contribution in [0.5, 0.6) is 0 Å². The summed E-state index contributed by atoms with van der Waals surface area (Å²) in [6.45, 7) is 3.48. The molecule has 1 saturated heterocycles. The lowest BCUT2D eigenvalue weighted by atomic mass is 9.97. The number of anilines is 2. The Balaban J connectivity index is 1.44. The third-order valence-electron chi connectivity index (χ3n) is 5.54. The summed E-state index contributed by atoms with van der Waals surface area (Å²) in [7, 11) is 0. The van der Waals surface area contributed by atoms with Gasteiger partial charge in [-0.15, -0.1) is 11.3 Å². The molecule has 140 valence electrons. The van der Waals surface area contributed by atoms with E-state index in [2.05, 4.69) is 19.8 Å². The van der Waals surface area contributed by atoms with E-state index in [9.17, 15) is 4.39 Å². The molecular weight excluding hydrogens is 383 g/mol. The van der Waals surface area contributed by atoms with Gasteiger partial charge in [0.1, 0.15) is 16.5 Å². The molecule has 0 saturated carbocycles. The van der Waals surface area contributed by atoms with Crippen molar-refractivity contribution in [3.8, 4) is 0 Å². The largest absolute Gasteiger partial charge is 0.368 e. The molecule has 2 aliphatic rings. The highest BCUT2D eigenvalue weighted by Crippen LogP contribution is 2.40. The Labute approximate surface area is 166 Å². The van der Waals surface area contributed by atoms with Gasteiger partial charge >= 0.3 is 0 Å². The van der Waals surface area contributed by atoms with Gasteiger partial charge in [0.2, 0.25) is 5.28 Å². The molecule has 0 N–H and O–H groups in total. The van der Waals surface area contributed by atoms with Gasteiger partial charge in [-0.3, -0.25) is 0 Å². The van der Waals surface area contributed by atoms with E-state index in [1.165, 1.54) is 40.8 Å². The smallest absolute Gasteiger partial charge is 0.225 e. The maximum absolute atomic E-state index is 13.2. The topological polar surface area (TPSA) is 32.3 Å². The number of aromatic nitrogens is 2. The maximum Gasteiger partial charge on any atom is 0.225 e. The van der Waals surface area contributed by atoms with Crippen LogP contribution in [-0.2, 0) is 12.8 Å². The third-order valence-corrected chi connectivity index (χ3v) is 6.89. The molecule has 0 radical (unpaired) electrons. The fraction of sp³-hybridized carbons (Fsp3) is 0.400. The number of nitrogens with zero attached hydrogens (tertiary/aromatic N) is 4. The van der Waals surface area contributed by atoms with Crippen molar-refractivity contribution in [1.29, 1.82) is 0 Å². The van der Waals surface area contributed by atoms with E-state index in [1.54, 1.807) is 11.3 Å². The predicted octanol–water partition coefficient (Wildman–Crippen LogP) is 4.69. The zero-order valence-corrected chi connectivity index (χ0v) is 16.5. The minimum atomic E-state index is -0.197. The molecule has 0 unspecified atom stereocenters. The molecule has 0 atom stereocenters. The lowest BCUT2D eigenvalue weighted by molar-refractivity contribution is 0.624. The highest BCUT2D eigenvalue weighted by Gasteiger charge is 2.26. The van der Waals surface area contributed by atoms with E-state index in [4.69, 9.17) is 11.6 Å². The number of thiophene rings is 1. The predicted molar refractivity (Wildman–Crippen MR) is 110 cm³/mol. The lowest BCUT2D eigenvalue weighted by Gasteiger charge is -2.37. The summed E-state index contributed by atoms with van der Waals surface area (Å²) in [6, 6.07) is 6.74. The Morgan fingerprint density at radius 2 is 1.63 bits per heavy atom. The number of halogens is 2. The van der Waals surface area contributed by atoms with Gasteiger partial charge in [-0.05, 0) is 67.1 Å². The number of piperazine rings is 1. The summed E-state index contributed by atoms with van der Waals surface area (Å²) in [5.41, 5.74) is 2.50. The molecular formula is C20H20ClFN4S. The molecule has 1 aromatic carbocycles. The van der Waals surface area contributed by atoms with Crippen LogP contribution < -0.4 is 9.80 Å². The van der Waals surface area contributed by atoms with Crippen LogP contribution in [0.25, 0.3) is 10.2 Å². The number of hydrogen-bond donors (Lipinski definition) is 0. The average Bonchev–Trinajstić information content (AvgIpc) is 3.06. The Morgan fingerprint density at radius 3 is 2.41 bits per heavy atom. The van der Waals surface area contributed by atoms with Crippen LogP contribution in [0.4, 0.5) is 15.9 Å². The second-order valence-electron chi connectivity index (χ2n) is 7.16. The Kier molecular flexibility index (Phi) is 4.40. The third kappa shape index (κ3) is 3.15. The monoisotopic (exact) mass is 402 g/mol. The second-order valence-corrected chi connectivity index (χ2v) is 8.58. The van der Waals surface area contributed by atoms with E-state index < -0.39 is 0 Å². The van der Waals surface area contributed by atoms with Crippen molar-refractivity contribution in [2.24, 2.45) is 0 Å². The molecule has 1 aliphatic carbocycles. The maximum atomic E-state index is 13.2. The van der Waals surface area contributed by atoms with Crippen molar-refractivity contribution in [2.45, 2.75) is 25.7 Å². The van der Waals surface area contributed by atoms with Gasteiger partial charge in [-0.25, -0.2) is 9.37 Å². The molecule has 5 rings (SSSR count). The van der Waals surface area contributed by atoms with Gasteiger partial charge in [-0.1, -0.05) is 0 Å². The fourth-order valence-corrected chi connectivity index (χ4v) is 5.64. The van der Waals surface area contributed by atoms with Gasteiger partial charge < -0.3 is 9.80 Å². The van der Waals surface area contributed by atoms with Crippen molar-refractivity contribution >= 4 is 44.7 Å². The van der Waals surface area contributed by atoms with E-state index in [0.29, 0.717) is 5.28 Å². The first-order valence-corrected chi connectivity index (χ1v) is 10.6. The van der Waals surface area contributed by atoms with Crippen LogP contribution in [-0.4, -0.2) is 36.1 Å². The molecule has 0 bridgehead atoms. The Hall–Kier alpha value is -1.92. The van der Waals surface area contributed by atoms with Gasteiger partial charge in [0.05, 0.1) is 5.39 Å². The van der Waals surface area contributed by atoms with Crippen LogP contribution in [0.1, 0.15) is 23.3 Å². The zero-order valence-electron chi connectivity index (χ0n) is 14.9. The van der Waals surface area contributed by atoms with Crippen LogP contribution in [0.2, 0.25) is 5.28 Å². The summed E-state index contributed by atoms with van der Waals surface area (Å²) >= 11 is 8.04. The minimum absolute atomic E-state index is 0.197. The number of aryl methyl sites for hydroxylation is 2. The molecule has 3 aromatic rings. The molecule has 1 fully saturated rings. The lowest BCUT2D eigenvalue weighted by Crippen LogP contribution is -2.47. The summed E-state index contributed by atoms with van der Waals surface area (Å²) in [5.74, 6) is 0.792. The first-order valence-electron chi connectivity index (χ1n) is 9.42. The van der Waals surface area contributed by atoms with Crippen molar-refractivity contribution in [3.05, 3.63) is 45.8 Å². The highest BCUT2D eigenvalue weighted by molar-refractivity contribution is 7.19. The molecule has 2 aromatic heterocycles. The minimum Gasteiger partial charge on any atom is -0.368 e. The zero-order chi connectivity index (χ0) is 18.4. The summed E-state index contributed by atoms with van der Waals surface area (Å²) in [4.78, 5) is 16.2. The Bertz CT molecular complexity index is 980. The van der Waals surface area contributed by atoms with Crippen molar-refractivity contribution in [2.75, 3.05) is 36.0 Å². The molecule has 4 nitrogen and oxygen atoms in total. The van der Waals surface area contributed by atoms with Crippen molar-refractivity contribution in [1.82, 2.24) is 9.97 Å². The van der Waals surface area contributed by atoms with Gasteiger partial charge in [0.25, 0.3) is 0 Å². The van der Waals surface area contributed by atoms with E-state index >= 15 is 0 Å². The SMILES string of the molecule is Fc1ccc(N2CCN(c3nc(Cl)nc4sc5c(c34)CCCC5)CC2)cc1. The fourth-order valence-electron chi connectivity index (χ4n) is 4.17. The second kappa shape index (κ2) is 6.91. The van der Waals surface area contributed by atoms with E-state index in [1.807, 2.05) is 12.1 Å². The Morgan fingerprint density at radius 1 is 0.926 bits per heavy atom. The van der Waals surface area contributed by atoms with Gasteiger partial charge in [0, 0.05) is 36.7 Å². The van der Waals surface area contributed by atoms with Crippen molar-refractivity contribution in [3.63, 3.8) is 0 Å². The summed E-state index contributed by atoms with van der Waals surface area (Å²) < 4.78 is 13.2. The standard InChI is InChI=1S/C20H20ClFN4S/c21-20-23-18(17-15-3-1-2-4-16(15)27-19(17)24-20)26-11-9-25(10-12-26)14-7-5-13(22)6-8-14/h5-8H,1-4,9-12H2. The molecule has 7 heteroatoms. The summed E-state index contributed by atoms with van der Waals surface area (Å²) in [5, 5.41) is 1.55. The normalized spacial score (nSPS) is 17.4. The van der Waals surface area contributed by atoms with Gasteiger partial charge in [-0.2, -0.15) is 4.98 Å². The van der Waals surface area contributed by atoms with Gasteiger partial charge in [0.15, 0.2) is 0 Å². The van der Waals surface area contributed by atoms with E-state index in [0.717, 1.165) is 55.4 Å². The van der Waals surface area contributed by atoms with Crippen LogP contribution in [0.15, 0.2) is 24.3 Å². The van der Waals surface area contributed by atoms with E-state index in [-0.39, 0.29) is 5.82 Å². The quantitative estimate of drug-likeness (QED) is 0.582. The number of rotatable bonds is 2. The first kappa shape index (κ1) is 17.2. The molecule has 0 amide bonds. The number of benzene rings is 1. The van der Waals surface area contributed by atoms with Crippen LogP contribution in [0.3, 0.4) is 0 Å². The molecule has 1 aliphatic heterocycles. The number of hydrogen-bond acceptors (Lipinski definition) is 5. The van der Waals surface area contributed by atoms with Crippen molar-refractivity contribution < 1.29 is 4.39 Å². The molecule has 3 heterocycles. The average molecular weight is 403 g/mol. The van der Waals surface area contributed by atoms with Crippen LogP contribution >= 0.6 is 22.9 Å². The number of fused-ring (bicyclic) bond motifs is 3. The molecule has 27 heavy (non-hydrogen) atoms. The first-order chi connectivity index (χ1) is 13.2. The molecule has 0 spiro atoms. The summed E-state index contributed by atoms with van der Waals surface area (Å²) in [6.07, 6.45) is 4.75.